The smallest absolute Gasteiger partial charge is 0.119 e. The first-order valence-electron chi connectivity index (χ1n) is 14.5. The van der Waals surface area contributed by atoms with Crippen LogP contribution in [0.3, 0.4) is 0 Å². The van der Waals surface area contributed by atoms with E-state index in [0.717, 1.165) is 54.3 Å². The van der Waals surface area contributed by atoms with Gasteiger partial charge in [0.05, 0.1) is 6.61 Å². The van der Waals surface area contributed by atoms with Gasteiger partial charge in [-0.05, 0) is 91.7 Å². The molecule has 3 saturated carbocycles. The standard InChI is InChI=1S/C31H50O/c1-3-5-21-32-31-19-17-27(18-20-31)29-16-15-28-22-26(13-14-30(28)23-29)12-11-25-9-7-24(6-4-2)8-10-25/h17-20,24-26,28-30H,3-16,21-23H2,1-2H3. The van der Waals surface area contributed by atoms with E-state index in [2.05, 4.69) is 38.1 Å². The van der Waals surface area contributed by atoms with E-state index in [-0.39, 0.29) is 0 Å². The molecule has 0 heterocycles. The van der Waals surface area contributed by atoms with Crippen molar-refractivity contribution in [2.24, 2.45) is 29.6 Å². The average molecular weight is 439 g/mol. The van der Waals surface area contributed by atoms with Crippen LogP contribution in [0.4, 0.5) is 0 Å². The van der Waals surface area contributed by atoms with E-state index in [1.807, 2.05) is 0 Å². The van der Waals surface area contributed by atoms with Crippen molar-refractivity contribution >= 4 is 0 Å². The van der Waals surface area contributed by atoms with Crippen molar-refractivity contribution in [2.45, 2.75) is 122 Å². The molecule has 1 aromatic carbocycles. The van der Waals surface area contributed by atoms with Crippen molar-refractivity contribution < 1.29 is 4.74 Å². The van der Waals surface area contributed by atoms with Crippen LogP contribution in [0.25, 0.3) is 0 Å². The third kappa shape index (κ3) is 6.77. The lowest BCUT2D eigenvalue weighted by atomic mass is 9.63. The molecule has 0 saturated heterocycles. The highest BCUT2D eigenvalue weighted by molar-refractivity contribution is 5.30. The van der Waals surface area contributed by atoms with Crippen molar-refractivity contribution in [3.63, 3.8) is 0 Å². The minimum absolute atomic E-state index is 0.788. The molecule has 0 spiro atoms. The minimum atomic E-state index is 0.788. The molecule has 3 aliphatic carbocycles. The van der Waals surface area contributed by atoms with Crippen LogP contribution in [0.1, 0.15) is 128 Å². The Balaban J connectivity index is 1.17. The van der Waals surface area contributed by atoms with Crippen LogP contribution in [0, 0.1) is 29.6 Å². The first-order chi connectivity index (χ1) is 15.7. The van der Waals surface area contributed by atoms with Gasteiger partial charge in [0.15, 0.2) is 0 Å². The molecule has 4 rings (SSSR count). The highest BCUT2D eigenvalue weighted by Crippen LogP contribution is 2.49. The van der Waals surface area contributed by atoms with Crippen LogP contribution in [0.15, 0.2) is 24.3 Å². The van der Waals surface area contributed by atoms with Crippen molar-refractivity contribution in [3.05, 3.63) is 29.8 Å². The first-order valence-corrected chi connectivity index (χ1v) is 14.5. The van der Waals surface area contributed by atoms with Crippen molar-refractivity contribution in [1.82, 2.24) is 0 Å². The van der Waals surface area contributed by atoms with E-state index in [4.69, 9.17) is 4.74 Å². The van der Waals surface area contributed by atoms with Crippen molar-refractivity contribution in [3.8, 4) is 5.75 Å². The molecule has 1 heteroatoms. The van der Waals surface area contributed by atoms with E-state index < -0.39 is 0 Å². The quantitative estimate of drug-likeness (QED) is 0.330. The number of ether oxygens (including phenoxy) is 1. The normalized spacial score (nSPS) is 32.9. The van der Waals surface area contributed by atoms with Gasteiger partial charge in [-0.3, -0.25) is 0 Å². The van der Waals surface area contributed by atoms with Crippen LogP contribution >= 0.6 is 0 Å². The Kier molecular flexibility index (Phi) is 9.42. The Morgan fingerprint density at radius 2 is 1.28 bits per heavy atom. The van der Waals surface area contributed by atoms with Crippen LogP contribution in [-0.4, -0.2) is 6.61 Å². The van der Waals surface area contributed by atoms with Gasteiger partial charge in [-0.2, -0.15) is 0 Å². The number of fused-ring (bicyclic) bond motifs is 1. The summed E-state index contributed by atoms with van der Waals surface area (Å²) in [7, 11) is 0. The molecular weight excluding hydrogens is 388 g/mol. The molecule has 180 valence electrons. The van der Waals surface area contributed by atoms with Gasteiger partial charge in [0.2, 0.25) is 0 Å². The van der Waals surface area contributed by atoms with Gasteiger partial charge < -0.3 is 4.74 Å². The molecule has 1 aromatic rings. The maximum absolute atomic E-state index is 5.87. The lowest BCUT2D eigenvalue weighted by molar-refractivity contribution is 0.108. The maximum atomic E-state index is 5.87. The molecule has 3 fully saturated rings. The SMILES string of the molecule is CCCCOc1ccc(C2CCC3CC(CCC4CCC(CCC)CC4)CCC3C2)cc1. The number of unbranched alkanes of at least 4 members (excludes halogenated alkanes) is 1. The van der Waals surface area contributed by atoms with Crippen molar-refractivity contribution in [2.75, 3.05) is 6.61 Å². The summed E-state index contributed by atoms with van der Waals surface area (Å²) in [6, 6.07) is 9.13. The van der Waals surface area contributed by atoms with E-state index >= 15 is 0 Å². The molecule has 1 nitrogen and oxygen atoms in total. The number of benzene rings is 1. The number of hydrogen-bond acceptors (Lipinski definition) is 1. The second kappa shape index (κ2) is 12.5. The summed E-state index contributed by atoms with van der Waals surface area (Å²) in [6.45, 7) is 5.43. The zero-order valence-corrected chi connectivity index (χ0v) is 21.2. The van der Waals surface area contributed by atoms with Gasteiger partial charge in [0.25, 0.3) is 0 Å². The molecule has 4 atom stereocenters. The fourth-order valence-corrected chi connectivity index (χ4v) is 7.41. The summed E-state index contributed by atoms with van der Waals surface area (Å²) in [6.07, 6.45) is 23.3. The lowest BCUT2D eigenvalue weighted by Crippen LogP contribution is -2.30. The summed E-state index contributed by atoms with van der Waals surface area (Å²) >= 11 is 0. The van der Waals surface area contributed by atoms with Gasteiger partial charge in [0.1, 0.15) is 5.75 Å². The Bertz CT molecular complexity index is 641. The molecule has 3 aliphatic rings. The lowest BCUT2D eigenvalue weighted by Gasteiger charge is -2.43. The van der Waals surface area contributed by atoms with Crippen molar-refractivity contribution in [1.29, 1.82) is 0 Å². The van der Waals surface area contributed by atoms with Gasteiger partial charge in [0, 0.05) is 0 Å². The first kappa shape index (κ1) is 24.2. The van der Waals surface area contributed by atoms with Crippen LogP contribution in [0.5, 0.6) is 5.75 Å². The Morgan fingerprint density at radius 3 is 2.00 bits per heavy atom. The van der Waals surface area contributed by atoms with E-state index in [1.54, 1.807) is 12.0 Å². The predicted octanol–water partition coefficient (Wildman–Crippen LogP) is 9.55. The molecule has 0 bridgehead atoms. The molecule has 0 N–H and O–H groups in total. The largest absolute Gasteiger partial charge is 0.494 e. The van der Waals surface area contributed by atoms with Crippen LogP contribution in [-0.2, 0) is 0 Å². The highest BCUT2D eigenvalue weighted by Gasteiger charge is 2.36. The summed E-state index contributed by atoms with van der Waals surface area (Å²) in [5.41, 5.74) is 1.56. The van der Waals surface area contributed by atoms with E-state index in [9.17, 15) is 0 Å². The summed E-state index contributed by atoms with van der Waals surface area (Å²) in [5, 5.41) is 0. The zero-order chi connectivity index (χ0) is 22.2. The van der Waals surface area contributed by atoms with Gasteiger partial charge in [-0.15, -0.1) is 0 Å². The molecule has 0 amide bonds. The average Bonchev–Trinajstić information content (AvgIpc) is 2.84. The number of hydrogen-bond donors (Lipinski definition) is 0. The van der Waals surface area contributed by atoms with Gasteiger partial charge in [-0.25, -0.2) is 0 Å². The van der Waals surface area contributed by atoms with Gasteiger partial charge >= 0.3 is 0 Å². The highest BCUT2D eigenvalue weighted by atomic mass is 16.5. The Labute approximate surface area is 199 Å². The molecule has 0 aliphatic heterocycles. The second-order valence-corrected chi connectivity index (χ2v) is 11.7. The molecule has 4 unspecified atom stereocenters. The van der Waals surface area contributed by atoms with E-state index in [0.29, 0.717) is 0 Å². The molecule has 32 heavy (non-hydrogen) atoms. The molecule has 0 radical (unpaired) electrons. The predicted molar refractivity (Wildman–Crippen MR) is 137 cm³/mol. The monoisotopic (exact) mass is 438 g/mol. The molecular formula is C31H50O. The maximum Gasteiger partial charge on any atom is 0.119 e. The van der Waals surface area contributed by atoms with Crippen LogP contribution in [0.2, 0.25) is 0 Å². The zero-order valence-electron chi connectivity index (χ0n) is 21.2. The van der Waals surface area contributed by atoms with E-state index in [1.165, 1.54) is 89.9 Å². The fraction of sp³-hybridized carbons (Fsp3) is 0.806. The molecule has 0 aromatic heterocycles. The fourth-order valence-electron chi connectivity index (χ4n) is 7.41. The second-order valence-electron chi connectivity index (χ2n) is 11.7. The minimum Gasteiger partial charge on any atom is -0.494 e. The Morgan fingerprint density at radius 1 is 0.656 bits per heavy atom. The third-order valence-corrected chi connectivity index (χ3v) is 9.49. The number of rotatable bonds is 10. The summed E-state index contributed by atoms with van der Waals surface area (Å²) in [4.78, 5) is 0. The summed E-state index contributed by atoms with van der Waals surface area (Å²) in [5.74, 6) is 7.03. The van der Waals surface area contributed by atoms with Crippen LogP contribution < -0.4 is 4.74 Å². The van der Waals surface area contributed by atoms with Gasteiger partial charge in [-0.1, -0.05) is 90.2 Å². The third-order valence-electron chi connectivity index (χ3n) is 9.49. The summed E-state index contributed by atoms with van der Waals surface area (Å²) < 4.78 is 5.87. The Hall–Kier alpha value is -0.980. The topological polar surface area (TPSA) is 9.23 Å².